The first-order chi connectivity index (χ1) is 10.1. The van der Waals surface area contributed by atoms with Gasteiger partial charge in [-0.15, -0.1) is 0 Å². The van der Waals surface area contributed by atoms with E-state index in [1.807, 2.05) is 43.3 Å². The van der Waals surface area contributed by atoms with E-state index >= 15 is 0 Å². The highest BCUT2D eigenvalue weighted by Gasteiger charge is 2.05. The Morgan fingerprint density at radius 3 is 2.81 bits per heavy atom. The molecule has 0 fully saturated rings. The van der Waals surface area contributed by atoms with Gasteiger partial charge >= 0.3 is 0 Å². The van der Waals surface area contributed by atoms with Gasteiger partial charge in [-0.05, 0) is 42.8 Å². The van der Waals surface area contributed by atoms with E-state index in [1.54, 1.807) is 0 Å². The maximum absolute atomic E-state index is 13.4. The highest BCUT2D eigenvalue weighted by atomic mass is 79.9. The molecule has 0 saturated heterocycles. The van der Waals surface area contributed by atoms with E-state index in [-0.39, 0.29) is 5.82 Å². The summed E-state index contributed by atoms with van der Waals surface area (Å²) >= 11 is 3.28. The van der Waals surface area contributed by atoms with Crippen molar-refractivity contribution in [2.24, 2.45) is 0 Å². The van der Waals surface area contributed by atoms with Gasteiger partial charge in [-0.1, -0.05) is 34.1 Å². The van der Waals surface area contributed by atoms with Gasteiger partial charge in [0.05, 0.1) is 0 Å². The highest BCUT2D eigenvalue weighted by Crippen LogP contribution is 2.25. The summed E-state index contributed by atoms with van der Waals surface area (Å²) in [4.78, 5) is 4.51. The lowest BCUT2D eigenvalue weighted by molar-refractivity contribution is 0.308. The molecule has 0 saturated carbocycles. The summed E-state index contributed by atoms with van der Waals surface area (Å²) in [6.45, 7) is 2.24. The minimum Gasteiger partial charge on any atom is -0.487 e. The molecule has 2 aromatic carbocycles. The molecule has 21 heavy (non-hydrogen) atoms. The van der Waals surface area contributed by atoms with Gasteiger partial charge in [0.2, 0.25) is 0 Å². The van der Waals surface area contributed by atoms with Crippen molar-refractivity contribution in [3.63, 3.8) is 0 Å². The monoisotopic (exact) mass is 345 g/mol. The normalized spacial score (nSPS) is 10.8. The summed E-state index contributed by atoms with van der Waals surface area (Å²) in [6.07, 6.45) is 0. The quantitative estimate of drug-likeness (QED) is 0.664. The van der Waals surface area contributed by atoms with Crippen molar-refractivity contribution in [2.75, 3.05) is 0 Å². The van der Waals surface area contributed by atoms with Gasteiger partial charge in [0.15, 0.2) is 0 Å². The maximum Gasteiger partial charge on any atom is 0.146 e. The van der Waals surface area contributed by atoms with Crippen LogP contribution in [0.3, 0.4) is 0 Å². The number of fused-ring (bicyclic) bond motifs is 1. The molecule has 0 N–H and O–H groups in total. The minimum absolute atomic E-state index is 0.283. The summed E-state index contributed by atoms with van der Waals surface area (Å²) in [5.74, 6) is 0.423. The van der Waals surface area contributed by atoms with Crippen molar-refractivity contribution in [3.8, 4) is 5.75 Å². The second-order valence-electron chi connectivity index (χ2n) is 4.85. The fraction of sp³-hybridized carbons (Fsp3) is 0.118. The Kier molecular flexibility index (Phi) is 3.88. The van der Waals surface area contributed by atoms with Gasteiger partial charge in [0.1, 0.15) is 23.7 Å². The number of hydrogen-bond donors (Lipinski definition) is 0. The molecule has 4 heteroatoms. The fourth-order valence-electron chi connectivity index (χ4n) is 2.19. The third-order valence-corrected chi connectivity index (χ3v) is 3.60. The van der Waals surface area contributed by atoms with Crippen molar-refractivity contribution in [3.05, 3.63) is 70.1 Å². The first-order valence-corrected chi connectivity index (χ1v) is 7.35. The van der Waals surface area contributed by atoms with E-state index < -0.39 is 0 Å². The number of aromatic nitrogens is 1. The van der Waals surface area contributed by atoms with Crippen LogP contribution in [0.4, 0.5) is 4.39 Å². The Balaban J connectivity index is 1.89. The van der Waals surface area contributed by atoms with Gasteiger partial charge < -0.3 is 4.74 Å². The topological polar surface area (TPSA) is 22.1 Å². The van der Waals surface area contributed by atoms with Crippen LogP contribution in [0.25, 0.3) is 10.9 Å². The largest absolute Gasteiger partial charge is 0.487 e. The number of aryl methyl sites for hydroxylation is 1. The Labute approximate surface area is 130 Å². The standard InChI is InChI=1S/C17H13BrFNO/c1-11-5-6-13-3-2-4-16(17(13)20-11)21-10-12-7-14(18)9-15(19)8-12/h2-9H,10H2,1H3. The highest BCUT2D eigenvalue weighted by molar-refractivity contribution is 9.10. The molecule has 0 aliphatic heterocycles. The molecule has 106 valence electrons. The molecule has 0 bridgehead atoms. The zero-order valence-corrected chi connectivity index (χ0v) is 13.0. The van der Waals surface area contributed by atoms with Gasteiger partial charge in [0.25, 0.3) is 0 Å². The maximum atomic E-state index is 13.4. The van der Waals surface area contributed by atoms with E-state index in [0.29, 0.717) is 16.8 Å². The van der Waals surface area contributed by atoms with Crippen LogP contribution in [0.1, 0.15) is 11.3 Å². The number of nitrogens with zero attached hydrogens (tertiary/aromatic N) is 1. The Morgan fingerprint density at radius 1 is 1.14 bits per heavy atom. The fourth-order valence-corrected chi connectivity index (χ4v) is 2.70. The van der Waals surface area contributed by atoms with E-state index in [2.05, 4.69) is 20.9 Å². The van der Waals surface area contributed by atoms with Crippen molar-refractivity contribution in [1.82, 2.24) is 4.98 Å². The molecule has 3 rings (SSSR count). The molecule has 0 radical (unpaired) electrons. The van der Waals surface area contributed by atoms with Crippen molar-refractivity contribution in [2.45, 2.75) is 13.5 Å². The molecule has 1 aromatic heterocycles. The zero-order valence-electron chi connectivity index (χ0n) is 11.4. The molecule has 0 aliphatic rings. The van der Waals surface area contributed by atoms with Gasteiger partial charge in [-0.3, -0.25) is 0 Å². The Bertz CT molecular complexity index is 784. The van der Waals surface area contributed by atoms with Crippen LogP contribution in [0.5, 0.6) is 5.75 Å². The molecule has 0 spiro atoms. The van der Waals surface area contributed by atoms with Crippen LogP contribution in [-0.4, -0.2) is 4.98 Å². The van der Waals surface area contributed by atoms with Crippen LogP contribution < -0.4 is 4.74 Å². The summed E-state index contributed by atoms with van der Waals surface area (Å²) < 4.78 is 19.9. The van der Waals surface area contributed by atoms with Crippen LogP contribution in [0, 0.1) is 12.7 Å². The second-order valence-corrected chi connectivity index (χ2v) is 5.76. The lowest BCUT2D eigenvalue weighted by Gasteiger charge is -2.10. The SMILES string of the molecule is Cc1ccc2cccc(OCc3cc(F)cc(Br)c3)c2n1. The number of para-hydroxylation sites is 1. The summed E-state index contributed by atoms with van der Waals surface area (Å²) in [7, 11) is 0. The van der Waals surface area contributed by atoms with Crippen molar-refractivity contribution < 1.29 is 9.13 Å². The van der Waals surface area contributed by atoms with Crippen LogP contribution >= 0.6 is 15.9 Å². The minimum atomic E-state index is -0.283. The summed E-state index contributed by atoms with van der Waals surface area (Å²) in [6, 6.07) is 14.5. The smallest absolute Gasteiger partial charge is 0.146 e. The molecule has 0 aliphatic carbocycles. The summed E-state index contributed by atoms with van der Waals surface area (Å²) in [5, 5.41) is 1.03. The molecule has 3 aromatic rings. The molecule has 1 heterocycles. The van der Waals surface area contributed by atoms with E-state index in [0.717, 1.165) is 22.2 Å². The van der Waals surface area contributed by atoms with Crippen LogP contribution in [0.15, 0.2) is 53.0 Å². The third kappa shape index (κ3) is 3.22. The third-order valence-electron chi connectivity index (χ3n) is 3.14. The van der Waals surface area contributed by atoms with Crippen molar-refractivity contribution in [1.29, 1.82) is 0 Å². The second kappa shape index (κ2) is 5.82. The van der Waals surface area contributed by atoms with Gasteiger partial charge in [-0.25, -0.2) is 9.37 Å². The van der Waals surface area contributed by atoms with E-state index in [1.165, 1.54) is 12.1 Å². The predicted molar refractivity (Wildman–Crippen MR) is 84.9 cm³/mol. The lowest BCUT2D eigenvalue weighted by atomic mass is 10.2. The van der Waals surface area contributed by atoms with Crippen LogP contribution in [0.2, 0.25) is 0 Å². The molecular weight excluding hydrogens is 333 g/mol. The molecule has 0 amide bonds. The average molecular weight is 346 g/mol. The Morgan fingerprint density at radius 2 is 2.00 bits per heavy atom. The van der Waals surface area contributed by atoms with Crippen LogP contribution in [-0.2, 0) is 6.61 Å². The van der Waals surface area contributed by atoms with E-state index in [4.69, 9.17) is 4.74 Å². The van der Waals surface area contributed by atoms with Crippen molar-refractivity contribution >= 4 is 26.8 Å². The lowest BCUT2D eigenvalue weighted by Crippen LogP contribution is -1.98. The number of pyridine rings is 1. The molecule has 0 atom stereocenters. The Hall–Kier alpha value is -1.94. The number of hydrogen-bond acceptors (Lipinski definition) is 2. The average Bonchev–Trinajstić information content (AvgIpc) is 2.44. The molecule has 2 nitrogen and oxygen atoms in total. The number of ether oxygens (including phenoxy) is 1. The number of halogens is 2. The van der Waals surface area contributed by atoms with Gasteiger partial charge in [0, 0.05) is 15.6 Å². The van der Waals surface area contributed by atoms with E-state index in [9.17, 15) is 4.39 Å². The molecular formula is C17H13BrFNO. The van der Waals surface area contributed by atoms with Gasteiger partial charge in [-0.2, -0.15) is 0 Å². The molecule has 0 unspecified atom stereocenters. The zero-order chi connectivity index (χ0) is 14.8. The number of benzene rings is 2. The first-order valence-electron chi connectivity index (χ1n) is 6.56. The first kappa shape index (κ1) is 14.0. The summed E-state index contributed by atoms with van der Waals surface area (Å²) in [5.41, 5.74) is 2.53. The number of rotatable bonds is 3. The predicted octanol–water partition coefficient (Wildman–Crippen LogP) is 5.02.